The molecule has 0 unspecified atom stereocenters. The van der Waals surface area contributed by atoms with Gasteiger partial charge in [-0.3, -0.25) is 0 Å². The largest absolute Gasteiger partial charge is 0.207 e. The molecule has 0 saturated heterocycles. The molecule has 1 heterocycles. The first-order valence-electron chi connectivity index (χ1n) is 4.21. The Labute approximate surface area is 99.8 Å². The fourth-order valence-electron chi connectivity index (χ4n) is 1.26. The van der Waals surface area contributed by atoms with E-state index in [1.54, 1.807) is 0 Å². The Bertz CT molecular complexity index is 526. The number of rotatable bonds is 1. The molecule has 0 fully saturated rings. The molecule has 0 bridgehead atoms. The molecule has 82 valence electrons. The van der Waals surface area contributed by atoms with Crippen molar-refractivity contribution in [1.29, 1.82) is 0 Å². The van der Waals surface area contributed by atoms with Crippen LogP contribution in [-0.4, -0.2) is 10.2 Å². The Morgan fingerprint density at radius 3 is 2.12 bits per heavy atom. The number of benzene rings is 1. The first-order chi connectivity index (χ1) is 7.56. The fraction of sp³-hybridized carbons (Fsp3) is 0. The number of halogens is 4. The van der Waals surface area contributed by atoms with Gasteiger partial charge in [0.05, 0.1) is 0 Å². The van der Waals surface area contributed by atoms with Crippen LogP contribution in [0.3, 0.4) is 0 Å². The first-order valence-corrected chi connectivity index (χ1v) is 4.97. The molecule has 1 aromatic carbocycles. The van der Waals surface area contributed by atoms with Crippen LogP contribution in [0.4, 0.5) is 8.78 Å². The van der Waals surface area contributed by atoms with Gasteiger partial charge in [-0.1, -0.05) is 23.2 Å². The number of aromatic nitrogens is 2. The molecule has 0 aliphatic rings. The van der Waals surface area contributed by atoms with E-state index >= 15 is 0 Å². The zero-order chi connectivity index (χ0) is 11.7. The molecule has 2 nitrogen and oxygen atoms in total. The maximum atomic E-state index is 13.0. The van der Waals surface area contributed by atoms with Gasteiger partial charge in [0.2, 0.25) is 0 Å². The maximum Gasteiger partial charge on any atom is 0.159 e. The van der Waals surface area contributed by atoms with E-state index in [-0.39, 0.29) is 15.9 Å². The van der Waals surface area contributed by atoms with Crippen LogP contribution in [0.1, 0.15) is 0 Å². The molecule has 0 amide bonds. The summed E-state index contributed by atoms with van der Waals surface area (Å²) < 4.78 is 26.0. The lowest BCUT2D eigenvalue weighted by Gasteiger charge is -2.04. The van der Waals surface area contributed by atoms with Crippen LogP contribution >= 0.6 is 23.2 Å². The van der Waals surface area contributed by atoms with Crippen molar-refractivity contribution >= 4 is 23.2 Å². The van der Waals surface area contributed by atoms with E-state index in [0.717, 1.165) is 18.2 Å². The summed E-state index contributed by atoms with van der Waals surface area (Å²) in [6.45, 7) is 0. The summed E-state index contributed by atoms with van der Waals surface area (Å²) in [6, 6.07) is 4.45. The smallest absolute Gasteiger partial charge is 0.159 e. The lowest BCUT2D eigenvalue weighted by Crippen LogP contribution is -1.90. The molecule has 0 aliphatic carbocycles. The Hall–Kier alpha value is -1.26. The molecule has 0 spiro atoms. The Morgan fingerprint density at radius 2 is 1.50 bits per heavy atom. The van der Waals surface area contributed by atoms with Gasteiger partial charge < -0.3 is 0 Å². The van der Waals surface area contributed by atoms with Crippen LogP contribution < -0.4 is 0 Å². The molecule has 2 rings (SSSR count). The van der Waals surface area contributed by atoms with Crippen LogP contribution in [0, 0.1) is 11.6 Å². The van der Waals surface area contributed by atoms with Gasteiger partial charge in [-0.25, -0.2) is 8.78 Å². The average Bonchev–Trinajstić information content (AvgIpc) is 2.20. The second-order valence-corrected chi connectivity index (χ2v) is 3.77. The number of hydrogen-bond donors (Lipinski definition) is 0. The molecule has 1 aromatic heterocycles. The van der Waals surface area contributed by atoms with Crippen LogP contribution in [0.25, 0.3) is 11.1 Å². The predicted octanol–water partition coefficient (Wildman–Crippen LogP) is 3.73. The van der Waals surface area contributed by atoms with E-state index in [2.05, 4.69) is 10.2 Å². The maximum absolute atomic E-state index is 13.0. The summed E-state index contributed by atoms with van der Waals surface area (Å²) >= 11 is 11.4. The van der Waals surface area contributed by atoms with Crippen molar-refractivity contribution in [3.63, 3.8) is 0 Å². The van der Waals surface area contributed by atoms with Crippen molar-refractivity contribution in [3.05, 3.63) is 46.2 Å². The van der Waals surface area contributed by atoms with E-state index in [4.69, 9.17) is 23.2 Å². The molecular formula is C10H4Cl2F2N2. The highest BCUT2D eigenvalue weighted by Crippen LogP contribution is 2.28. The van der Waals surface area contributed by atoms with Crippen LogP contribution in [0.2, 0.25) is 10.3 Å². The summed E-state index contributed by atoms with van der Waals surface area (Å²) in [7, 11) is 0. The van der Waals surface area contributed by atoms with Crippen LogP contribution in [0.15, 0.2) is 24.3 Å². The highest BCUT2D eigenvalue weighted by molar-refractivity contribution is 6.33. The van der Waals surface area contributed by atoms with Crippen molar-refractivity contribution in [2.75, 3.05) is 0 Å². The minimum absolute atomic E-state index is 0.0365. The minimum atomic E-state index is -0.695. The third-order valence-corrected chi connectivity index (χ3v) is 2.36. The third kappa shape index (κ3) is 2.28. The Kier molecular flexibility index (Phi) is 3.03. The van der Waals surface area contributed by atoms with E-state index < -0.39 is 11.6 Å². The average molecular weight is 261 g/mol. The summed E-state index contributed by atoms with van der Waals surface area (Å²) in [6.07, 6.45) is 0. The van der Waals surface area contributed by atoms with Crippen molar-refractivity contribution in [1.82, 2.24) is 10.2 Å². The second-order valence-electron chi connectivity index (χ2n) is 3.03. The van der Waals surface area contributed by atoms with Gasteiger partial charge in [0.15, 0.2) is 10.3 Å². The summed E-state index contributed by atoms with van der Waals surface area (Å²) in [5.74, 6) is -1.39. The molecule has 16 heavy (non-hydrogen) atoms. The van der Waals surface area contributed by atoms with E-state index in [1.165, 1.54) is 6.07 Å². The first kappa shape index (κ1) is 11.2. The highest BCUT2D eigenvalue weighted by Gasteiger charge is 2.09. The monoisotopic (exact) mass is 260 g/mol. The molecule has 0 aliphatic heterocycles. The molecule has 0 atom stereocenters. The normalized spacial score (nSPS) is 10.5. The second kappa shape index (κ2) is 4.31. The summed E-state index contributed by atoms with van der Waals surface area (Å²) in [4.78, 5) is 0. The SMILES string of the molecule is Fc1cc(F)cc(-c2cc(Cl)nnc2Cl)c1. The Balaban J connectivity index is 2.62. The van der Waals surface area contributed by atoms with Crippen molar-refractivity contribution in [2.45, 2.75) is 0 Å². The minimum Gasteiger partial charge on any atom is -0.207 e. The molecule has 0 saturated carbocycles. The van der Waals surface area contributed by atoms with E-state index in [0.29, 0.717) is 5.56 Å². The van der Waals surface area contributed by atoms with Crippen molar-refractivity contribution < 1.29 is 8.78 Å². The van der Waals surface area contributed by atoms with Gasteiger partial charge in [0, 0.05) is 11.6 Å². The van der Waals surface area contributed by atoms with Crippen LogP contribution in [-0.2, 0) is 0 Å². The number of nitrogens with zero attached hydrogens (tertiary/aromatic N) is 2. The molecule has 0 radical (unpaired) electrons. The predicted molar refractivity (Wildman–Crippen MR) is 57.4 cm³/mol. The standard InChI is InChI=1S/C10H4Cl2F2N2/c11-9-4-8(10(12)16-15-9)5-1-6(13)3-7(14)2-5/h1-4H. The molecule has 2 aromatic rings. The van der Waals surface area contributed by atoms with Crippen molar-refractivity contribution in [3.8, 4) is 11.1 Å². The van der Waals surface area contributed by atoms with Gasteiger partial charge in [-0.15, -0.1) is 10.2 Å². The topological polar surface area (TPSA) is 25.8 Å². The fourth-order valence-corrected chi connectivity index (χ4v) is 1.61. The van der Waals surface area contributed by atoms with Crippen LogP contribution in [0.5, 0.6) is 0 Å². The van der Waals surface area contributed by atoms with Gasteiger partial charge in [-0.05, 0) is 23.8 Å². The third-order valence-electron chi connectivity index (χ3n) is 1.89. The van der Waals surface area contributed by atoms with Gasteiger partial charge in [-0.2, -0.15) is 0 Å². The summed E-state index contributed by atoms with van der Waals surface area (Å²) in [5, 5.41) is 7.20. The van der Waals surface area contributed by atoms with Gasteiger partial charge in [0.25, 0.3) is 0 Å². The highest BCUT2D eigenvalue weighted by atomic mass is 35.5. The quantitative estimate of drug-likeness (QED) is 0.781. The zero-order valence-corrected chi connectivity index (χ0v) is 9.23. The molecule has 0 N–H and O–H groups in total. The zero-order valence-electron chi connectivity index (χ0n) is 7.72. The lowest BCUT2D eigenvalue weighted by atomic mass is 10.1. The van der Waals surface area contributed by atoms with E-state index in [9.17, 15) is 8.78 Å². The lowest BCUT2D eigenvalue weighted by molar-refractivity contribution is 0.584. The molecular weight excluding hydrogens is 257 g/mol. The Morgan fingerprint density at radius 1 is 0.875 bits per heavy atom. The van der Waals surface area contributed by atoms with Gasteiger partial charge in [0.1, 0.15) is 11.6 Å². The number of hydrogen-bond acceptors (Lipinski definition) is 2. The van der Waals surface area contributed by atoms with E-state index in [1.807, 2.05) is 0 Å². The molecule has 6 heteroatoms. The van der Waals surface area contributed by atoms with Crippen molar-refractivity contribution in [2.24, 2.45) is 0 Å². The summed E-state index contributed by atoms with van der Waals surface area (Å²) in [5.41, 5.74) is 0.597. The van der Waals surface area contributed by atoms with Gasteiger partial charge >= 0.3 is 0 Å².